The van der Waals surface area contributed by atoms with Gasteiger partial charge in [-0.3, -0.25) is 9.59 Å². The summed E-state index contributed by atoms with van der Waals surface area (Å²) < 4.78 is 10.7. The number of aliphatic hydroxyl groups is 1. The summed E-state index contributed by atoms with van der Waals surface area (Å²) in [6.45, 7) is 3.90. The second kappa shape index (κ2) is 78.2. The molecule has 0 radical (unpaired) electrons. The Bertz CT molecular complexity index is 1990. The smallest absolute Gasteiger partial charge is 0.306 e. The van der Waals surface area contributed by atoms with E-state index in [0.717, 1.165) is 141 Å². The normalized spacial score (nSPS) is 13.3. The minimum Gasteiger partial charge on any atom is -0.462 e. The van der Waals surface area contributed by atoms with E-state index in [1.807, 2.05) is 0 Å². The molecule has 0 bridgehead atoms. The Morgan fingerprint density at radius 1 is 0.256 bits per heavy atom. The van der Waals surface area contributed by atoms with E-state index in [1.165, 1.54) is 154 Å². The van der Waals surface area contributed by atoms with Gasteiger partial charge in [0.1, 0.15) is 6.61 Å². The summed E-state index contributed by atoms with van der Waals surface area (Å²) in [6.07, 6.45) is 122. The van der Waals surface area contributed by atoms with Gasteiger partial charge in [-0.25, -0.2) is 0 Å². The fourth-order valence-corrected chi connectivity index (χ4v) is 10.2. The highest BCUT2D eigenvalue weighted by Gasteiger charge is 2.16. The molecule has 0 saturated heterocycles. The van der Waals surface area contributed by atoms with E-state index in [-0.39, 0.29) is 25.2 Å². The Balaban J connectivity index is 3.55. The maximum Gasteiger partial charge on any atom is 0.306 e. The molecule has 0 aliphatic carbocycles. The van der Waals surface area contributed by atoms with Crippen molar-refractivity contribution in [3.8, 4) is 0 Å². The van der Waals surface area contributed by atoms with Crippen molar-refractivity contribution >= 4 is 11.9 Å². The van der Waals surface area contributed by atoms with E-state index in [4.69, 9.17) is 9.47 Å². The molecule has 1 unspecified atom stereocenters. The molecule has 0 heterocycles. The summed E-state index contributed by atoms with van der Waals surface area (Å²) in [5.41, 5.74) is 0. The molecule has 0 aliphatic heterocycles. The van der Waals surface area contributed by atoms with Gasteiger partial charge in [0.15, 0.2) is 6.10 Å². The van der Waals surface area contributed by atoms with Gasteiger partial charge in [0.2, 0.25) is 0 Å². The number of hydrogen-bond donors (Lipinski definition) is 1. The van der Waals surface area contributed by atoms with Gasteiger partial charge in [0.05, 0.1) is 6.61 Å². The highest BCUT2D eigenvalue weighted by atomic mass is 16.6. The van der Waals surface area contributed by atoms with Crippen molar-refractivity contribution in [2.24, 2.45) is 0 Å². The molecule has 0 aliphatic rings. The van der Waals surface area contributed by atoms with Crippen LogP contribution in [-0.4, -0.2) is 36.4 Å². The number of hydrogen-bond acceptors (Lipinski definition) is 5. The number of carbonyl (C=O) groups is 2. The van der Waals surface area contributed by atoms with Gasteiger partial charge in [-0.05, 0) is 135 Å². The first-order valence-corrected chi connectivity index (χ1v) is 37.3. The Morgan fingerprint density at radius 2 is 0.444 bits per heavy atom. The van der Waals surface area contributed by atoms with Crippen LogP contribution < -0.4 is 0 Å². The van der Waals surface area contributed by atoms with Crippen LogP contribution in [0, 0.1) is 0 Å². The fraction of sp³-hybridized carbons (Fsp3) is 0.624. The van der Waals surface area contributed by atoms with Crippen LogP contribution in [-0.2, 0) is 19.1 Å². The highest BCUT2D eigenvalue weighted by Crippen LogP contribution is 2.17. The van der Waals surface area contributed by atoms with Gasteiger partial charge in [-0.1, -0.05) is 357 Å². The Hall–Kier alpha value is -5.00. The van der Waals surface area contributed by atoms with Gasteiger partial charge in [0.25, 0.3) is 0 Å². The van der Waals surface area contributed by atoms with Gasteiger partial charge < -0.3 is 14.6 Å². The van der Waals surface area contributed by atoms with E-state index < -0.39 is 6.10 Å². The molecule has 0 aromatic heterocycles. The lowest BCUT2D eigenvalue weighted by Gasteiger charge is -2.15. The number of aliphatic hydroxyl groups excluding tert-OH is 1. The van der Waals surface area contributed by atoms with E-state index in [0.29, 0.717) is 12.8 Å². The molecule has 0 aromatic rings. The summed E-state index contributed by atoms with van der Waals surface area (Å²) in [5, 5.41) is 9.71. The quantitative estimate of drug-likeness (QED) is 0.0373. The molecule has 5 nitrogen and oxygen atoms in total. The Morgan fingerprint density at radius 3 is 0.678 bits per heavy atom. The third-order valence-corrected chi connectivity index (χ3v) is 15.7. The van der Waals surface area contributed by atoms with Gasteiger partial charge in [-0.15, -0.1) is 0 Å². The lowest BCUT2D eigenvalue weighted by Crippen LogP contribution is -2.28. The number of esters is 2. The lowest BCUT2D eigenvalue weighted by atomic mass is 10.0. The van der Waals surface area contributed by atoms with E-state index >= 15 is 0 Å². The van der Waals surface area contributed by atoms with Crippen molar-refractivity contribution < 1.29 is 24.2 Å². The number of allylic oxidation sites excluding steroid dienone is 30. The van der Waals surface area contributed by atoms with Crippen LogP contribution in [0.3, 0.4) is 0 Å². The van der Waals surface area contributed by atoms with Gasteiger partial charge >= 0.3 is 11.9 Å². The summed E-state index contributed by atoms with van der Waals surface area (Å²) >= 11 is 0. The van der Waals surface area contributed by atoms with Gasteiger partial charge in [-0.2, -0.15) is 0 Å². The van der Waals surface area contributed by atoms with Crippen LogP contribution in [0.1, 0.15) is 322 Å². The van der Waals surface area contributed by atoms with Crippen molar-refractivity contribution in [1.29, 1.82) is 0 Å². The Kier molecular flexibility index (Phi) is 73.9. The molecule has 0 saturated carbocycles. The summed E-state index contributed by atoms with van der Waals surface area (Å²) in [4.78, 5) is 24.7. The van der Waals surface area contributed by atoms with Crippen molar-refractivity contribution in [1.82, 2.24) is 0 Å². The highest BCUT2D eigenvalue weighted by molar-refractivity contribution is 5.70. The average Bonchev–Trinajstić information content (AvgIpc) is 3.62. The topological polar surface area (TPSA) is 72.8 Å². The molecule has 0 aromatic carbocycles. The molecule has 0 spiro atoms. The van der Waals surface area contributed by atoms with Crippen molar-refractivity contribution in [3.63, 3.8) is 0 Å². The predicted molar refractivity (Wildman–Crippen MR) is 398 cm³/mol. The largest absolute Gasteiger partial charge is 0.462 e. The molecule has 1 atom stereocenters. The third kappa shape index (κ3) is 75.5. The zero-order valence-corrected chi connectivity index (χ0v) is 58.3. The molecule has 5 heteroatoms. The predicted octanol–water partition coefficient (Wildman–Crippen LogP) is 26.5. The maximum absolute atomic E-state index is 12.4. The second-order valence-corrected chi connectivity index (χ2v) is 24.3. The summed E-state index contributed by atoms with van der Waals surface area (Å²) in [6, 6.07) is 0. The van der Waals surface area contributed by atoms with Crippen molar-refractivity contribution in [2.45, 2.75) is 328 Å². The fourth-order valence-electron chi connectivity index (χ4n) is 10.2. The molecule has 508 valence electrons. The molecule has 90 heavy (non-hydrogen) atoms. The molecular formula is C85H138O5. The zero-order chi connectivity index (χ0) is 64.7. The maximum atomic E-state index is 12.4. The van der Waals surface area contributed by atoms with Crippen LogP contribution in [0.2, 0.25) is 0 Å². The molecule has 0 amide bonds. The van der Waals surface area contributed by atoms with Gasteiger partial charge in [0, 0.05) is 12.8 Å². The standard InChI is InChI=1S/C85H138O5/c1-3-5-7-9-11-13-15-17-19-21-23-25-27-29-31-33-35-37-39-41-42-44-45-47-49-51-53-55-57-59-61-63-65-67-69-71-73-75-77-79-84(87)89-82-83(81-86)90-85(88)80-78-76-74-72-70-68-66-64-62-60-58-56-54-52-50-48-46-43-40-38-36-34-32-30-28-26-24-22-20-18-16-14-12-10-8-6-4-2/h5-8,11-14,17-20,23-26,30,32,36,38,43,46,50,52,56,58,62,64,68,70,83,86H,3-4,9-10,15-16,21-22,27-29,31,33-35,37,39-42,44-45,47-49,51,53-55,57,59-61,63,65-67,69,71-82H2,1-2H3/b7-5-,8-6-,13-11-,14-12-,19-17-,20-18-,25-23-,26-24-,32-30-,38-36-,46-43-,52-50-,58-56-,64-62-,70-68-. The first-order valence-electron chi connectivity index (χ1n) is 37.3. The number of ether oxygens (including phenoxy) is 2. The number of carbonyl (C=O) groups excluding carboxylic acids is 2. The van der Waals surface area contributed by atoms with Crippen molar-refractivity contribution in [3.05, 3.63) is 182 Å². The first kappa shape index (κ1) is 85.0. The van der Waals surface area contributed by atoms with E-state index in [2.05, 4.69) is 196 Å². The molecule has 0 rings (SSSR count). The average molecular weight is 1240 g/mol. The van der Waals surface area contributed by atoms with Crippen LogP contribution in [0.25, 0.3) is 0 Å². The minimum absolute atomic E-state index is 0.0869. The minimum atomic E-state index is -0.803. The van der Waals surface area contributed by atoms with Crippen LogP contribution in [0.15, 0.2) is 182 Å². The first-order chi connectivity index (χ1) is 44.6. The molecule has 0 fully saturated rings. The van der Waals surface area contributed by atoms with E-state index in [9.17, 15) is 14.7 Å². The third-order valence-electron chi connectivity index (χ3n) is 15.7. The second-order valence-electron chi connectivity index (χ2n) is 24.3. The SMILES string of the molecule is CC/C=C\C/C=C\C/C=C\C/C=C\C/C=C\C/C=C\C/C=C\C/C=C\C/C=C\C/C=C\C/C=C\CCCCCC(=O)OC(CO)COC(=O)CCCCCCCCCCCCCCCCCCCCCCCCCCCC/C=C\C/C=C\C/C=C\C/C=C\CC. The number of rotatable bonds is 67. The van der Waals surface area contributed by atoms with Crippen molar-refractivity contribution in [2.75, 3.05) is 13.2 Å². The lowest BCUT2D eigenvalue weighted by molar-refractivity contribution is -0.161. The molecular weight excluding hydrogens is 1100 g/mol. The zero-order valence-electron chi connectivity index (χ0n) is 58.3. The van der Waals surface area contributed by atoms with Crippen LogP contribution in [0.4, 0.5) is 0 Å². The monoisotopic (exact) mass is 1240 g/mol. The summed E-state index contributed by atoms with van der Waals surface area (Å²) in [5.74, 6) is -0.629. The van der Waals surface area contributed by atoms with Crippen LogP contribution >= 0.6 is 0 Å². The van der Waals surface area contributed by atoms with E-state index in [1.54, 1.807) is 0 Å². The molecule has 1 N–H and O–H groups in total. The Labute approximate surface area is 556 Å². The number of unbranched alkanes of at least 4 members (excludes halogenated alkanes) is 29. The summed E-state index contributed by atoms with van der Waals surface area (Å²) in [7, 11) is 0. The van der Waals surface area contributed by atoms with Crippen LogP contribution in [0.5, 0.6) is 0 Å².